The van der Waals surface area contributed by atoms with Crippen molar-refractivity contribution in [2.45, 2.75) is 0 Å². The summed E-state index contributed by atoms with van der Waals surface area (Å²) in [5, 5.41) is 9.67. The normalized spacial score (nSPS) is 11.6. The summed E-state index contributed by atoms with van der Waals surface area (Å²) in [4.78, 5) is 75.7. The number of rotatable bonds is 15. The monoisotopic (exact) mass is 1980 g/mol. The van der Waals surface area contributed by atoms with Crippen molar-refractivity contribution in [1.29, 1.82) is 0 Å². The van der Waals surface area contributed by atoms with Crippen molar-refractivity contribution in [3.05, 3.63) is 455 Å². The van der Waals surface area contributed by atoms with Crippen LogP contribution in [0, 0.1) is 0 Å². The Labute approximate surface area is 867 Å². The predicted molar refractivity (Wildman–Crippen MR) is 608 cm³/mol. The SMILES string of the molecule is c1ccc(-c2nc(-c3ccccc3)nc(-c3ccc4c(c3)sc3c(-c5nc(-c6ccccc6)c6oc7ccccc7c6n5)cccc34)n2)cc1.c1ccc(-c2nc(-c3ccccc3)nc(-c3ccc4c(c3)sc3cccc(-c5nc(-c6ccccc6)c6oc7ccccc7c6n5)c34)n2)cc1.c1ccc(-c2nc(-c3ccccc3)nc(-c3cccc4c3sc3cccc(-c5nc(-c6ccccc6)c6oc7ccccc7c6n5)c34)n2)cc1. The smallest absolute Gasteiger partial charge is 0.180 e. The van der Waals surface area contributed by atoms with E-state index in [1.807, 2.05) is 291 Å². The summed E-state index contributed by atoms with van der Waals surface area (Å²) >= 11 is 5.20. The first-order valence-corrected chi connectivity index (χ1v) is 51.5. The molecular formula is C129H75N15O3S3. The molecule has 0 unspecified atom stereocenters. The summed E-state index contributed by atoms with van der Waals surface area (Å²) in [6, 6.07) is 153. The third-order valence-electron chi connectivity index (χ3n) is 26.9. The molecule has 150 heavy (non-hydrogen) atoms. The largest absolute Gasteiger partial charge is 0.452 e. The second kappa shape index (κ2) is 37.5. The number of nitrogens with zero attached hydrogens (tertiary/aromatic N) is 15. The van der Waals surface area contributed by atoms with Crippen LogP contribution < -0.4 is 0 Å². The van der Waals surface area contributed by atoms with Crippen LogP contribution in [0.5, 0.6) is 0 Å². The average Bonchev–Trinajstić information content (AvgIpc) is 1.58. The molecule has 0 aliphatic carbocycles. The van der Waals surface area contributed by atoms with Crippen molar-refractivity contribution in [2.24, 2.45) is 0 Å². The lowest BCUT2D eigenvalue weighted by Gasteiger charge is -2.09. The third kappa shape index (κ3) is 16.1. The van der Waals surface area contributed by atoms with Crippen LogP contribution in [0.25, 0.3) is 297 Å². The fourth-order valence-corrected chi connectivity index (χ4v) is 23.4. The van der Waals surface area contributed by atoms with E-state index in [9.17, 15) is 0 Å². The average molecular weight is 1980 g/mol. The summed E-state index contributed by atoms with van der Waals surface area (Å²) < 4.78 is 25.9. The molecule has 0 aliphatic heterocycles. The molecular weight excluding hydrogens is 1900 g/mol. The van der Waals surface area contributed by atoms with Crippen LogP contribution in [0.1, 0.15) is 0 Å². The summed E-state index contributed by atoms with van der Waals surface area (Å²) in [6.07, 6.45) is 0. The van der Waals surface area contributed by atoms with E-state index in [0.717, 1.165) is 211 Å². The fraction of sp³-hybridized carbons (Fsp3) is 0. The van der Waals surface area contributed by atoms with Crippen LogP contribution in [-0.2, 0) is 0 Å². The lowest BCUT2D eigenvalue weighted by molar-refractivity contribution is 0.667. The van der Waals surface area contributed by atoms with Crippen LogP contribution >= 0.6 is 34.0 Å². The molecule has 0 N–H and O–H groups in total. The van der Waals surface area contributed by atoms with Crippen molar-refractivity contribution in [2.75, 3.05) is 0 Å². The molecule has 30 aromatic rings. The highest BCUT2D eigenvalue weighted by Crippen LogP contribution is 2.50. The van der Waals surface area contributed by atoms with E-state index in [2.05, 4.69) is 164 Å². The van der Waals surface area contributed by atoms with Gasteiger partial charge in [0.05, 0.1) is 0 Å². The maximum atomic E-state index is 6.38. The standard InChI is InChI=1S/3C43H25N5OS/c1-4-14-26(15-5-1)36-38-37(29-20-10-11-24-33(29)49-38)45-42(44-36)31-22-13-25-34-35(31)30-21-12-23-32(39(30)50-34)43-47-40(27-16-6-2-7-17-27)46-41(48-43)28-18-8-3-9-19-28;1-4-13-26(14-5-1)36-38-37(32-19-10-11-22-34(32)49-38)45-43(44-36)33-21-12-20-31-30-24-23-29(25-35(30)50-39(31)33)42-47-40(27-15-6-2-7-16-27)46-41(48-42)28-17-8-3-9-18-28;1-4-13-26(14-5-1)37-39-38(30-19-10-11-21-33(30)49-39)45-43(44-37)32-20-12-22-34-36(32)31-24-23-29(25-35(31)50-34)42-47-40(27-15-6-2-7-16-27)46-41(48-42)28-17-8-3-9-18-28/h3*1-25H. The zero-order valence-electron chi connectivity index (χ0n) is 79.5. The molecule has 18 aromatic carbocycles. The van der Waals surface area contributed by atoms with E-state index in [4.69, 9.17) is 88.0 Å². The Balaban J connectivity index is 0.000000108. The summed E-state index contributed by atoms with van der Waals surface area (Å²) in [6.45, 7) is 0. The van der Waals surface area contributed by atoms with Gasteiger partial charge in [0.25, 0.3) is 0 Å². The Bertz CT molecular complexity index is 10200. The molecule has 30 rings (SSSR count). The number of hydrogen-bond donors (Lipinski definition) is 0. The second-order valence-corrected chi connectivity index (χ2v) is 39.4. The molecule has 0 bridgehead atoms. The number of hydrogen-bond acceptors (Lipinski definition) is 21. The molecule has 0 amide bonds. The Kier molecular flexibility index (Phi) is 22.0. The number of benzene rings is 18. The van der Waals surface area contributed by atoms with Crippen LogP contribution in [0.3, 0.4) is 0 Å². The Morgan fingerprint density at radius 1 is 0.147 bits per heavy atom. The highest BCUT2D eigenvalue weighted by molar-refractivity contribution is 7.27. The van der Waals surface area contributed by atoms with Gasteiger partial charge in [0, 0.05) is 160 Å². The summed E-state index contributed by atoms with van der Waals surface area (Å²) in [5.74, 6) is 7.70. The van der Waals surface area contributed by atoms with E-state index < -0.39 is 0 Å². The first-order valence-electron chi connectivity index (χ1n) is 49.0. The van der Waals surface area contributed by atoms with E-state index >= 15 is 0 Å². The van der Waals surface area contributed by atoms with Gasteiger partial charge in [0.15, 0.2) is 86.6 Å². The molecule has 21 heteroatoms. The summed E-state index contributed by atoms with van der Waals surface area (Å²) in [7, 11) is 0. The maximum absolute atomic E-state index is 6.38. The first kappa shape index (κ1) is 88.0. The molecule has 12 aromatic heterocycles. The number of furan rings is 3. The Hall–Kier alpha value is -19.7. The molecule has 0 radical (unpaired) electrons. The minimum atomic E-state index is 0.630. The van der Waals surface area contributed by atoms with Crippen LogP contribution in [0.2, 0.25) is 0 Å². The molecule has 0 atom stereocenters. The van der Waals surface area contributed by atoms with Crippen LogP contribution in [-0.4, -0.2) is 74.8 Å². The zero-order valence-corrected chi connectivity index (χ0v) is 81.9. The van der Waals surface area contributed by atoms with Crippen LogP contribution in [0.4, 0.5) is 0 Å². The van der Waals surface area contributed by atoms with Crippen molar-refractivity contribution in [1.82, 2.24) is 74.8 Å². The van der Waals surface area contributed by atoms with E-state index in [1.54, 1.807) is 34.0 Å². The minimum Gasteiger partial charge on any atom is -0.452 e. The third-order valence-corrected chi connectivity index (χ3v) is 30.4. The first-order chi connectivity index (χ1) is 74.3. The number of para-hydroxylation sites is 3. The van der Waals surface area contributed by atoms with Gasteiger partial charge in [-0.05, 0) is 72.8 Å². The van der Waals surface area contributed by atoms with Gasteiger partial charge in [-0.1, -0.05) is 382 Å². The van der Waals surface area contributed by atoms with Gasteiger partial charge >= 0.3 is 0 Å². The summed E-state index contributed by atoms with van der Waals surface area (Å²) in [5.41, 5.74) is 23.5. The van der Waals surface area contributed by atoms with Gasteiger partial charge in [-0.3, -0.25) is 0 Å². The zero-order chi connectivity index (χ0) is 99.1. The molecule has 0 spiro atoms. The van der Waals surface area contributed by atoms with Gasteiger partial charge in [-0.15, -0.1) is 34.0 Å². The number of fused-ring (bicyclic) bond motifs is 18. The second-order valence-electron chi connectivity index (χ2n) is 36.2. The molecule has 0 saturated carbocycles. The molecule has 18 nitrogen and oxygen atoms in total. The van der Waals surface area contributed by atoms with E-state index in [-0.39, 0.29) is 0 Å². The van der Waals surface area contributed by atoms with Gasteiger partial charge in [0.1, 0.15) is 50.4 Å². The number of thiophene rings is 3. The number of aromatic nitrogens is 15. The van der Waals surface area contributed by atoms with Gasteiger partial charge in [-0.2, -0.15) is 0 Å². The molecule has 0 saturated heterocycles. The van der Waals surface area contributed by atoms with Gasteiger partial charge in [0.2, 0.25) is 0 Å². The molecule has 12 heterocycles. The van der Waals surface area contributed by atoms with E-state index in [1.165, 1.54) is 0 Å². The Morgan fingerprint density at radius 2 is 0.393 bits per heavy atom. The van der Waals surface area contributed by atoms with Gasteiger partial charge < -0.3 is 13.3 Å². The minimum absolute atomic E-state index is 0.630. The quantitative estimate of drug-likeness (QED) is 0.0928. The maximum Gasteiger partial charge on any atom is 0.180 e. The topological polar surface area (TPSA) is 233 Å². The lowest BCUT2D eigenvalue weighted by atomic mass is 10.0. The van der Waals surface area contributed by atoms with Crippen molar-refractivity contribution >= 4 is 161 Å². The Morgan fingerprint density at radius 3 is 0.753 bits per heavy atom. The molecule has 702 valence electrons. The molecule has 0 fully saturated rings. The fourth-order valence-electron chi connectivity index (χ4n) is 19.8. The predicted octanol–water partition coefficient (Wildman–Crippen LogP) is 33.8. The lowest BCUT2D eigenvalue weighted by Crippen LogP contribution is -2.00. The molecule has 0 aliphatic rings. The van der Waals surface area contributed by atoms with Crippen LogP contribution in [0.15, 0.2) is 468 Å². The van der Waals surface area contributed by atoms with E-state index in [0.29, 0.717) is 86.6 Å². The van der Waals surface area contributed by atoms with Crippen molar-refractivity contribution < 1.29 is 13.3 Å². The van der Waals surface area contributed by atoms with Crippen molar-refractivity contribution in [3.63, 3.8) is 0 Å². The van der Waals surface area contributed by atoms with Gasteiger partial charge in [-0.25, -0.2) is 74.8 Å². The van der Waals surface area contributed by atoms with Crippen molar-refractivity contribution in [3.8, 4) is 170 Å². The highest BCUT2D eigenvalue weighted by atomic mass is 32.1. The highest BCUT2D eigenvalue weighted by Gasteiger charge is 2.29.